The van der Waals surface area contributed by atoms with Crippen molar-refractivity contribution in [1.82, 2.24) is 4.98 Å². The Balaban J connectivity index is 2.02. The molecule has 1 heterocycles. The van der Waals surface area contributed by atoms with Gasteiger partial charge < -0.3 is 14.6 Å². The highest BCUT2D eigenvalue weighted by Gasteiger charge is 2.15. The molecule has 0 aliphatic heterocycles. The third-order valence-corrected chi connectivity index (χ3v) is 4.79. The van der Waals surface area contributed by atoms with Crippen LogP contribution >= 0.6 is 11.3 Å². The fraction of sp³-hybridized carbons (Fsp3) is 0.105. The maximum absolute atomic E-state index is 10.7. The third-order valence-electron chi connectivity index (χ3n) is 3.70. The summed E-state index contributed by atoms with van der Waals surface area (Å²) in [4.78, 5) is 15.1. The lowest BCUT2D eigenvalue weighted by molar-refractivity contribution is 0.145. The number of nitriles is 1. The summed E-state index contributed by atoms with van der Waals surface area (Å²) in [6, 6.07) is 15.1. The quantitative estimate of drug-likeness (QED) is 0.672. The molecule has 1 aromatic heterocycles. The van der Waals surface area contributed by atoms with Gasteiger partial charge in [-0.15, -0.1) is 0 Å². The van der Waals surface area contributed by atoms with Crippen molar-refractivity contribution in [3.63, 3.8) is 0 Å². The van der Waals surface area contributed by atoms with Crippen molar-refractivity contribution < 1.29 is 19.4 Å². The predicted octanol–water partition coefficient (Wildman–Crippen LogP) is 4.72. The van der Waals surface area contributed by atoms with Gasteiger partial charge in [-0.3, -0.25) is 0 Å². The first-order valence-electron chi connectivity index (χ1n) is 7.59. The number of carboxylic acid groups (broad SMARTS) is 1. The lowest BCUT2D eigenvalue weighted by Crippen LogP contribution is -2.02. The molecule has 1 N–H and O–H groups in total. The van der Waals surface area contributed by atoms with Crippen molar-refractivity contribution in [1.29, 1.82) is 5.26 Å². The molecule has 0 radical (unpaired) electrons. The number of benzene rings is 2. The molecule has 0 aliphatic rings. The molecule has 7 heteroatoms. The third kappa shape index (κ3) is 3.50. The summed E-state index contributed by atoms with van der Waals surface area (Å²) in [5.41, 5.74) is 3.36. The van der Waals surface area contributed by atoms with E-state index in [1.807, 2.05) is 36.4 Å². The average molecular weight is 366 g/mol. The molecular formula is C19H14N2O4S. The van der Waals surface area contributed by atoms with E-state index in [1.54, 1.807) is 20.1 Å². The number of hydrogen-bond donors (Lipinski definition) is 1. The van der Waals surface area contributed by atoms with Gasteiger partial charge in [0, 0.05) is 5.56 Å². The first kappa shape index (κ1) is 17.5. The Hall–Kier alpha value is -3.37. The van der Waals surface area contributed by atoms with E-state index in [1.165, 1.54) is 0 Å². The Morgan fingerprint density at radius 2 is 2.04 bits per heavy atom. The van der Waals surface area contributed by atoms with Crippen LogP contribution in [0.3, 0.4) is 0 Å². The Morgan fingerprint density at radius 3 is 2.73 bits per heavy atom. The van der Waals surface area contributed by atoms with E-state index in [0.29, 0.717) is 22.0 Å². The number of hydrogen-bond acceptors (Lipinski definition) is 6. The van der Waals surface area contributed by atoms with Crippen molar-refractivity contribution in [2.24, 2.45) is 0 Å². The second-order valence-electron chi connectivity index (χ2n) is 5.36. The highest BCUT2D eigenvalue weighted by Crippen LogP contribution is 2.36. The summed E-state index contributed by atoms with van der Waals surface area (Å²) in [7, 11) is 1.59. The van der Waals surface area contributed by atoms with E-state index in [9.17, 15) is 10.1 Å². The summed E-state index contributed by atoms with van der Waals surface area (Å²) < 4.78 is 9.95. The van der Waals surface area contributed by atoms with Gasteiger partial charge in [-0.1, -0.05) is 35.6 Å². The molecule has 0 amide bonds. The molecule has 6 nitrogen and oxygen atoms in total. The zero-order valence-corrected chi connectivity index (χ0v) is 14.8. The number of carbonyl (C=O) groups is 1. The highest BCUT2D eigenvalue weighted by molar-refractivity contribution is 7.17. The van der Waals surface area contributed by atoms with E-state index in [0.717, 1.165) is 28.0 Å². The topological polar surface area (TPSA) is 92.4 Å². The van der Waals surface area contributed by atoms with Crippen LogP contribution in [-0.2, 0) is 0 Å². The van der Waals surface area contributed by atoms with E-state index in [-0.39, 0.29) is 5.06 Å². The van der Waals surface area contributed by atoms with Crippen molar-refractivity contribution in [3.05, 3.63) is 53.7 Å². The Kier molecular flexibility index (Phi) is 4.87. The van der Waals surface area contributed by atoms with Crippen LogP contribution in [0.2, 0.25) is 0 Å². The molecule has 26 heavy (non-hydrogen) atoms. The van der Waals surface area contributed by atoms with Crippen LogP contribution in [0.15, 0.2) is 42.5 Å². The second kappa shape index (κ2) is 7.25. The fourth-order valence-electron chi connectivity index (χ4n) is 2.49. The van der Waals surface area contributed by atoms with Crippen LogP contribution in [0, 0.1) is 18.3 Å². The summed E-state index contributed by atoms with van der Waals surface area (Å²) in [6.45, 7) is 1.67. The molecule has 130 valence electrons. The minimum absolute atomic E-state index is 0.225. The Labute approximate surface area is 153 Å². The molecule has 2 aromatic carbocycles. The van der Waals surface area contributed by atoms with Crippen LogP contribution in [0.4, 0.5) is 4.79 Å². The van der Waals surface area contributed by atoms with E-state index in [4.69, 9.17) is 14.6 Å². The maximum Gasteiger partial charge on any atom is 0.512 e. The number of rotatable bonds is 4. The van der Waals surface area contributed by atoms with Gasteiger partial charge in [0.25, 0.3) is 0 Å². The smallest absolute Gasteiger partial charge is 0.497 e. The molecule has 3 aromatic rings. The van der Waals surface area contributed by atoms with Crippen molar-refractivity contribution in [2.75, 3.05) is 7.11 Å². The summed E-state index contributed by atoms with van der Waals surface area (Å²) in [6.07, 6.45) is -1.38. The molecule has 0 spiro atoms. The minimum atomic E-state index is -1.38. The van der Waals surface area contributed by atoms with E-state index >= 15 is 0 Å². The predicted molar refractivity (Wildman–Crippen MR) is 97.6 cm³/mol. The van der Waals surface area contributed by atoms with Gasteiger partial charge in [0.05, 0.1) is 24.4 Å². The van der Waals surface area contributed by atoms with Gasteiger partial charge >= 0.3 is 6.16 Å². The zero-order chi connectivity index (χ0) is 18.7. The van der Waals surface area contributed by atoms with E-state index < -0.39 is 6.16 Å². The van der Waals surface area contributed by atoms with Crippen molar-refractivity contribution in [2.45, 2.75) is 6.92 Å². The molecule has 0 fully saturated rings. The standard InChI is InChI=1S/C19H14N2O4S/c1-11-18(25-19(22)23)26-17(21-11)13-6-7-16(14(8-13)10-20)12-4-3-5-15(9-12)24-2/h3-9H,1-2H3,(H,22,23). The average Bonchev–Trinajstić information content (AvgIpc) is 3.01. The van der Waals surface area contributed by atoms with Gasteiger partial charge in [-0.25, -0.2) is 9.78 Å². The Bertz CT molecular complexity index is 1020. The largest absolute Gasteiger partial charge is 0.512 e. The minimum Gasteiger partial charge on any atom is -0.497 e. The molecule has 0 atom stereocenters. The molecule has 0 saturated carbocycles. The summed E-state index contributed by atoms with van der Waals surface area (Å²) in [5, 5.41) is 19.1. The first-order valence-corrected chi connectivity index (χ1v) is 8.40. The van der Waals surface area contributed by atoms with Crippen LogP contribution in [0.5, 0.6) is 10.8 Å². The molecule has 0 saturated heterocycles. The van der Waals surface area contributed by atoms with E-state index in [2.05, 4.69) is 11.1 Å². The molecule has 3 rings (SSSR count). The lowest BCUT2D eigenvalue weighted by atomic mass is 9.98. The molecule has 0 unspecified atom stereocenters. The SMILES string of the molecule is COc1cccc(-c2ccc(-c3nc(C)c(OC(=O)O)s3)cc2C#N)c1. The molecule has 0 aliphatic carbocycles. The number of aromatic nitrogens is 1. The monoisotopic (exact) mass is 366 g/mol. The number of nitrogens with zero attached hydrogens (tertiary/aromatic N) is 2. The fourth-order valence-corrected chi connectivity index (χ4v) is 3.40. The van der Waals surface area contributed by atoms with Gasteiger partial charge in [-0.2, -0.15) is 5.26 Å². The Morgan fingerprint density at radius 1 is 1.23 bits per heavy atom. The van der Waals surface area contributed by atoms with Crippen LogP contribution < -0.4 is 9.47 Å². The van der Waals surface area contributed by atoms with Crippen LogP contribution in [0.1, 0.15) is 11.3 Å². The second-order valence-corrected chi connectivity index (χ2v) is 6.33. The number of methoxy groups -OCH3 is 1. The normalized spacial score (nSPS) is 10.2. The lowest BCUT2D eigenvalue weighted by Gasteiger charge is -2.08. The van der Waals surface area contributed by atoms with Crippen LogP contribution in [0.25, 0.3) is 21.7 Å². The number of aryl methyl sites for hydroxylation is 1. The van der Waals surface area contributed by atoms with Crippen molar-refractivity contribution >= 4 is 17.5 Å². The molecular weight excluding hydrogens is 352 g/mol. The van der Waals surface area contributed by atoms with Gasteiger partial charge in [0.15, 0.2) is 0 Å². The van der Waals surface area contributed by atoms with Gasteiger partial charge in [0.2, 0.25) is 5.06 Å². The van der Waals surface area contributed by atoms with Gasteiger partial charge in [0.1, 0.15) is 10.8 Å². The zero-order valence-electron chi connectivity index (χ0n) is 14.0. The number of thiazole rings is 1. The first-order chi connectivity index (χ1) is 12.5. The summed E-state index contributed by atoms with van der Waals surface area (Å²) in [5.74, 6) is 0.710. The molecule has 0 bridgehead atoms. The maximum atomic E-state index is 10.7. The summed E-state index contributed by atoms with van der Waals surface area (Å²) >= 11 is 1.12. The highest BCUT2D eigenvalue weighted by atomic mass is 32.1. The van der Waals surface area contributed by atoms with Gasteiger partial charge in [-0.05, 0) is 36.2 Å². The van der Waals surface area contributed by atoms with Crippen molar-refractivity contribution in [3.8, 4) is 38.6 Å². The number of ether oxygens (including phenoxy) is 2. The van der Waals surface area contributed by atoms with Crippen LogP contribution in [-0.4, -0.2) is 23.4 Å².